The Labute approximate surface area is 159 Å². The van der Waals surface area contributed by atoms with Crippen LogP contribution in [-0.4, -0.2) is 29.8 Å². The second-order valence-electron chi connectivity index (χ2n) is 5.52. The highest BCUT2D eigenvalue weighted by Crippen LogP contribution is 2.23. The first-order chi connectivity index (χ1) is 12.8. The van der Waals surface area contributed by atoms with Gasteiger partial charge >= 0.3 is 0 Å². The van der Waals surface area contributed by atoms with Crippen LogP contribution in [0.5, 0.6) is 5.75 Å². The monoisotopic (exact) mass is 402 g/mol. The van der Waals surface area contributed by atoms with E-state index in [0.29, 0.717) is 16.6 Å². The molecule has 2 aromatic carbocycles. The molecule has 0 radical (unpaired) electrons. The number of benzene rings is 2. The number of hydrogen-bond acceptors (Lipinski definition) is 5. The number of hydrogen-bond donors (Lipinski definition) is 4. The van der Waals surface area contributed by atoms with Gasteiger partial charge in [0.2, 0.25) is 10.0 Å². The maximum Gasteiger partial charge on any atom is 0.261 e. The van der Waals surface area contributed by atoms with Crippen molar-refractivity contribution in [3.8, 4) is 5.75 Å². The Morgan fingerprint density at radius 3 is 2.52 bits per heavy atom. The molecule has 0 amide bonds. The fraction of sp³-hybridized carbons (Fsp3) is 0. The number of nitrogens with two attached hydrogens (primary N) is 1. The third-order valence-electron chi connectivity index (χ3n) is 3.68. The summed E-state index contributed by atoms with van der Waals surface area (Å²) in [5.74, 6) is -0.196. The van der Waals surface area contributed by atoms with Gasteiger partial charge in [0.15, 0.2) is 5.11 Å². The zero-order valence-corrected chi connectivity index (χ0v) is 15.3. The van der Waals surface area contributed by atoms with E-state index in [9.17, 15) is 18.3 Å². The van der Waals surface area contributed by atoms with Crippen LogP contribution in [0.15, 0.2) is 63.2 Å². The first-order valence-corrected chi connectivity index (χ1v) is 9.53. The fourth-order valence-electron chi connectivity index (χ4n) is 2.37. The van der Waals surface area contributed by atoms with Crippen LogP contribution in [0.4, 0.5) is 5.69 Å². The lowest BCUT2D eigenvalue weighted by atomic mass is 10.1. The first-order valence-electron chi connectivity index (χ1n) is 7.57. The Balaban J connectivity index is 1.81. The minimum atomic E-state index is -3.78. The lowest BCUT2D eigenvalue weighted by Gasteiger charge is -2.06. The number of sulfonamides is 1. The maximum atomic E-state index is 12.1. The van der Waals surface area contributed by atoms with Crippen molar-refractivity contribution in [3.05, 3.63) is 64.4 Å². The van der Waals surface area contributed by atoms with Crippen LogP contribution in [0.1, 0.15) is 5.56 Å². The molecular weight excluding hydrogens is 388 g/mol. The van der Waals surface area contributed by atoms with E-state index in [1.54, 1.807) is 24.3 Å². The van der Waals surface area contributed by atoms with Gasteiger partial charge in [0.05, 0.1) is 10.4 Å². The molecule has 1 aromatic heterocycles. The van der Waals surface area contributed by atoms with Crippen molar-refractivity contribution in [3.63, 3.8) is 0 Å². The van der Waals surface area contributed by atoms with Gasteiger partial charge in [0, 0.05) is 17.3 Å². The van der Waals surface area contributed by atoms with E-state index in [1.807, 2.05) is 0 Å². The highest BCUT2D eigenvalue weighted by atomic mass is 32.2. The molecule has 8 nitrogen and oxygen atoms in total. The van der Waals surface area contributed by atoms with Gasteiger partial charge in [0.1, 0.15) is 11.3 Å². The standard InChI is InChI=1S/C17H14N4O4S2/c18-27(24,25)11-7-5-10(6-8-11)20-17(26)19-9-13-15(22)12-3-1-2-4-14(12)21-16(13)23/h1-9H,(H,20,26)(H2,18,24,25)(H2,21,22,23). The van der Waals surface area contributed by atoms with Gasteiger partial charge in [-0.2, -0.15) is 0 Å². The summed E-state index contributed by atoms with van der Waals surface area (Å²) in [4.78, 5) is 18.7. The number of aromatic hydroxyl groups is 1. The van der Waals surface area contributed by atoms with Crippen molar-refractivity contribution in [2.45, 2.75) is 4.90 Å². The smallest absolute Gasteiger partial charge is 0.261 e. The van der Waals surface area contributed by atoms with Crippen LogP contribution in [0.25, 0.3) is 10.9 Å². The largest absolute Gasteiger partial charge is 0.506 e. The molecule has 10 heteroatoms. The van der Waals surface area contributed by atoms with Crippen LogP contribution in [0.2, 0.25) is 0 Å². The zero-order valence-electron chi connectivity index (χ0n) is 13.7. The summed E-state index contributed by atoms with van der Waals surface area (Å²) in [5.41, 5.74) is 0.465. The molecule has 3 aromatic rings. The lowest BCUT2D eigenvalue weighted by Crippen LogP contribution is -2.14. The van der Waals surface area contributed by atoms with Crippen LogP contribution in [0, 0.1) is 0 Å². The van der Waals surface area contributed by atoms with E-state index in [0.717, 1.165) is 6.21 Å². The van der Waals surface area contributed by atoms with E-state index in [2.05, 4.69) is 15.3 Å². The summed E-state index contributed by atoms with van der Waals surface area (Å²) in [6.07, 6.45) is 1.16. The topological polar surface area (TPSA) is 138 Å². The van der Waals surface area contributed by atoms with E-state index in [1.165, 1.54) is 24.3 Å². The lowest BCUT2D eigenvalue weighted by molar-refractivity contribution is 0.479. The van der Waals surface area contributed by atoms with Crippen LogP contribution in [-0.2, 0) is 10.0 Å². The summed E-state index contributed by atoms with van der Waals surface area (Å²) in [6, 6.07) is 12.4. The van der Waals surface area contributed by atoms with Crippen molar-refractivity contribution in [1.82, 2.24) is 4.98 Å². The van der Waals surface area contributed by atoms with Crippen LogP contribution in [0.3, 0.4) is 0 Å². The number of fused-ring (bicyclic) bond motifs is 1. The number of primary sulfonamides is 1. The van der Waals surface area contributed by atoms with Gasteiger partial charge in [0.25, 0.3) is 5.56 Å². The summed E-state index contributed by atoms with van der Waals surface area (Å²) >= 11 is 5.08. The fourth-order valence-corrected chi connectivity index (χ4v) is 3.05. The maximum absolute atomic E-state index is 12.1. The number of nitrogens with one attached hydrogen (secondary N) is 2. The molecule has 0 bridgehead atoms. The van der Waals surface area contributed by atoms with E-state index in [-0.39, 0.29) is 21.3 Å². The Kier molecular flexibility index (Phi) is 5.04. The third-order valence-corrected chi connectivity index (χ3v) is 4.81. The molecule has 0 spiro atoms. The summed E-state index contributed by atoms with van der Waals surface area (Å²) in [6.45, 7) is 0. The van der Waals surface area contributed by atoms with Gasteiger partial charge in [-0.15, -0.1) is 0 Å². The van der Waals surface area contributed by atoms with E-state index >= 15 is 0 Å². The summed E-state index contributed by atoms with van der Waals surface area (Å²) < 4.78 is 22.5. The number of nitrogens with zero attached hydrogens (tertiary/aromatic N) is 1. The van der Waals surface area contributed by atoms with Crippen molar-refractivity contribution in [2.75, 3.05) is 5.32 Å². The molecule has 0 aliphatic carbocycles. The second-order valence-corrected chi connectivity index (χ2v) is 7.47. The van der Waals surface area contributed by atoms with Crippen LogP contribution >= 0.6 is 12.2 Å². The van der Waals surface area contributed by atoms with Crippen LogP contribution < -0.4 is 16.0 Å². The van der Waals surface area contributed by atoms with E-state index < -0.39 is 15.6 Å². The Morgan fingerprint density at radius 2 is 1.85 bits per heavy atom. The number of aromatic amines is 1. The van der Waals surface area contributed by atoms with Crippen molar-refractivity contribution in [1.29, 1.82) is 0 Å². The third kappa shape index (κ3) is 4.19. The predicted octanol–water partition coefficient (Wildman–Crippen LogP) is 1.70. The number of aromatic nitrogens is 1. The van der Waals surface area contributed by atoms with Crippen molar-refractivity contribution < 1.29 is 13.5 Å². The number of rotatable bonds is 3. The molecule has 0 saturated heterocycles. The molecule has 0 aliphatic heterocycles. The normalized spacial score (nSPS) is 11.7. The Hall–Kier alpha value is -3.08. The molecule has 0 atom stereocenters. The van der Waals surface area contributed by atoms with Gasteiger partial charge in [-0.3, -0.25) is 4.79 Å². The van der Waals surface area contributed by atoms with Gasteiger partial charge in [-0.25, -0.2) is 18.5 Å². The highest BCUT2D eigenvalue weighted by Gasteiger charge is 2.10. The summed E-state index contributed by atoms with van der Waals surface area (Å²) in [5, 5.41) is 18.6. The minimum Gasteiger partial charge on any atom is -0.506 e. The molecule has 27 heavy (non-hydrogen) atoms. The average Bonchev–Trinajstić information content (AvgIpc) is 2.61. The molecule has 0 unspecified atom stereocenters. The average molecular weight is 402 g/mol. The number of H-pyrrole nitrogens is 1. The van der Waals surface area contributed by atoms with Gasteiger partial charge in [-0.1, -0.05) is 12.1 Å². The van der Waals surface area contributed by atoms with Gasteiger partial charge in [-0.05, 0) is 48.6 Å². The molecule has 1 heterocycles. The highest BCUT2D eigenvalue weighted by molar-refractivity contribution is 7.89. The molecule has 3 rings (SSSR count). The molecule has 0 saturated carbocycles. The molecule has 0 fully saturated rings. The van der Waals surface area contributed by atoms with E-state index in [4.69, 9.17) is 17.4 Å². The van der Waals surface area contributed by atoms with Crippen molar-refractivity contribution >= 4 is 50.2 Å². The second kappa shape index (κ2) is 7.27. The number of thiocarbonyl (C=S) groups is 1. The first kappa shape index (κ1) is 18.7. The van der Waals surface area contributed by atoms with Gasteiger partial charge < -0.3 is 15.4 Å². The number of para-hydroxylation sites is 1. The quantitative estimate of drug-likeness (QED) is 0.389. The SMILES string of the molecule is NS(=O)(=O)c1ccc(NC(=S)N=Cc2c(O)c3ccccc3[nH]c2=O)cc1. The predicted molar refractivity (Wildman–Crippen MR) is 108 cm³/mol. The molecular formula is C17H14N4O4S2. The Bertz CT molecular complexity index is 1220. The number of anilines is 1. The summed E-state index contributed by atoms with van der Waals surface area (Å²) in [7, 11) is -3.78. The van der Waals surface area contributed by atoms with Crippen molar-refractivity contribution in [2.24, 2.45) is 10.1 Å². The molecule has 0 aliphatic rings. The number of aliphatic imine (C=N–C) groups is 1. The minimum absolute atomic E-state index is 0.0188. The zero-order chi connectivity index (χ0) is 19.6. The number of pyridine rings is 1. The molecule has 5 N–H and O–H groups in total. The molecule has 138 valence electrons. The Morgan fingerprint density at radius 1 is 1.19 bits per heavy atom.